The van der Waals surface area contributed by atoms with Crippen LogP contribution in [0.25, 0.3) is 0 Å². The van der Waals surface area contributed by atoms with E-state index in [0.717, 1.165) is 12.1 Å². The van der Waals surface area contributed by atoms with Crippen LogP contribution in [0.4, 0.5) is 0 Å². The van der Waals surface area contributed by atoms with E-state index in [1.54, 1.807) is 6.08 Å². The van der Waals surface area contributed by atoms with Crippen LogP contribution in [0.3, 0.4) is 0 Å². The summed E-state index contributed by atoms with van der Waals surface area (Å²) in [7, 11) is 0. The molecule has 0 spiro atoms. The van der Waals surface area contributed by atoms with Crippen molar-refractivity contribution in [3.05, 3.63) is 35.9 Å². The van der Waals surface area contributed by atoms with Crippen molar-refractivity contribution in [2.75, 3.05) is 0 Å². The number of hydrogen-bond donors (Lipinski definition) is 0. The van der Waals surface area contributed by atoms with Gasteiger partial charge in [0, 0.05) is 6.21 Å². The molecule has 2 heteroatoms. The molecule has 0 saturated heterocycles. The molecular weight excluding hydrogens is 166 g/mol. The van der Waals surface area contributed by atoms with Crippen LogP contribution in [0.15, 0.2) is 40.9 Å². The zero-order valence-electron chi connectivity index (χ0n) is 7.23. The number of rotatable bonds is 3. The van der Waals surface area contributed by atoms with Gasteiger partial charge in [-0.05, 0) is 24.8 Å². The first kappa shape index (κ1) is 9.33. The Bertz CT molecular complexity index is 230. The number of nitrogens with zero attached hydrogens (tertiary/aromatic N) is 1. The van der Waals surface area contributed by atoms with Gasteiger partial charge in [0.25, 0.3) is 0 Å². The quantitative estimate of drug-likeness (QED) is 0.479. The van der Waals surface area contributed by atoms with Gasteiger partial charge in [-0.2, -0.15) is 0 Å². The largest absolute Gasteiger partial charge is 0.265 e. The average Bonchev–Trinajstić information content (AvgIpc) is 2.56. The Labute approximate surface area is 78.0 Å². The van der Waals surface area contributed by atoms with Gasteiger partial charge in [-0.25, -0.2) is 0 Å². The van der Waals surface area contributed by atoms with Crippen LogP contribution >= 0.6 is 11.8 Å². The van der Waals surface area contributed by atoms with E-state index in [-0.39, 0.29) is 0 Å². The highest BCUT2D eigenvalue weighted by Crippen LogP contribution is 2.30. The normalized spacial score (nSPS) is 23.8. The number of hydrogen-bond acceptors (Lipinski definition) is 2. The molecule has 1 atom stereocenters. The van der Waals surface area contributed by atoms with E-state index in [9.17, 15) is 0 Å². The first-order valence-corrected chi connectivity index (χ1v) is 4.94. The molecule has 1 unspecified atom stereocenters. The van der Waals surface area contributed by atoms with Gasteiger partial charge in [0.05, 0.1) is 10.9 Å². The number of allylic oxidation sites excluding steroid dienone is 3. The van der Waals surface area contributed by atoms with Gasteiger partial charge in [0.2, 0.25) is 0 Å². The molecule has 0 N–H and O–H groups in total. The van der Waals surface area contributed by atoms with E-state index >= 15 is 0 Å². The van der Waals surface area contributed by atoms with Crippen molar-refractivity contribution in [2.24, 2.45) is 4.99 Å². The molecular formula is C10H13NS. The summed E-state index contributed by atoms with van der Waals surface area (Å²) in [6, 6.07) is 0. The van der Waals surface area contributed by atoms with Crippen LogP contribution < -0.4 is 0 Å². The predicted molar refractivity (Wildman–Crippen MR) is 57.6 cm³/mol. The molecule has 64 valence electrons. The molecule has 12 heavy (non-hydrogen) atoms. The van der Waals surface area contributed by atoms with Gasteiger partial charge in [-0.3, -0.25) is 4.99 Å². The topological polar surface area (TPSA) is 12.4 Å². The molecule has 1 heterocycles. The van der Waals surface area contributed by atoms with Crippen molar-refractivity contribution in [1.29, 1.82) is 0 Å². The van der Waals surface area contributed by atoms with Crippen LogP contribution in [0, 0.1) is 0 Å². The van der Waals surface area contributed by atoms with Crippen LogP contribution in [-0.2, 0) is 0 Å². The van der Waals surface area contributed by atoms with E-state index in [1.807, 2.05) is 31.0 Å². The van der Waals surface area contributed by atoms with Crippen molar-refractivity contribution in [2.45, 2.75) is 18.6 Å². The lowest BCUT2D eigenvalue weighted by Crippen LogP contribution is -1.99. The maximum Gasteiger partial charge on any atom is 0.0545 e. The molecule has 0 fully saturated rings. The van der Waals surface area contributed by atoms with Crippen molar-refractivity contribution in [3.8, 4) is 0 Å². The third kappa shape index (κ3) is 2.38. The van der Waals surface area contributed by atoms with Crippen molar-refractivity contribution in [3.63, 3.8) is 0 Å². The molecule has 0 saturated carbocycles. The fourth-order valence-electron chi connectivity index (χ4n) is 1.08. The van der Waals surface area contributed by atoms with Crippen molar-refractivity contribution in [1.82, 2.24) is 0 Å². The van der Waals surface area contributed by atoms with Crippen LogP contribution in [0.2, 0.25) is 0 Å². The second-order valence-electron chi connectivity index (χ2n) is 2.45. The van der Waals surface area contributed by atoms with Gasteiger partial charge in [0.1, 0.15) is 0 Å². The summed E-state index contributed by atoms with van der Waals surface area (Å²) in [5.41, 5.74) is 1.11. The third-order valence-corrected chi connectivity index (χ3v) is 2.70. The molecule has 1 rings (SSSR count). The minimum atomic E-state index is 0.499. The monoisotopic (exact) mass is 179 g/mol. The van der Waals surface area contributed by atoms with Crippen LogP contribution in [0.1, 0.15) is 13.3 Å². The van der Waals surface area contributed by atoms with Gasteiger partial charge in [-0.15, -0.1) is 11.8 Å². The summed E-state index contributed by atoms with van der Waals surface area (Å²) < 4.78 is 0. The summed E-state index contributed by atoms with van der Waals surface area (Å²) in [4.78, 5) is 4.30. The molecule has 0 amide bonds. The molecule has 1 aliphatic heterocycles. The zero-order valence-corrected chi connectivity index (χ0v) is 8.05. The Morgan fingerprint density at radius 3 is 3.08 bits per heavy atom. The van der Waals surface area contributed by atoms with Gasteiger partial charge in [-0.1, -0.05) is 18.7 Å². The van der Waals surface area contributed by atoms with Crippen LogP contribution in [-0.4, -0.2) is 11.5 Å². The third-order valence-electron chi connectivity index (χ3n) is 1.59. The summed E-state index contributed by atoms with van der Waals surface area (Å²) in [6.07, 6.45) is 8.86. The number of aliphatic imine (C=N–C) groups is 1. The fourth-order valence-corrected chi connectivity index (χ4v) is 1.99. The molecule has 0 bridgehead atoms. The lowest BCUT2D eigenvalue weighted by molar-refractivity contribution is 1.00. The lowest BCUT2D eigenvalue weighted by atomic mass is 10.2. The highest BCUT2D eigenvalue weighted by atomic mass is 32.2. The first-order chi connectivity index (χ1) is 5.88. The Kier molecular flexibility index (Phi) is 3.88. The van der Waals surface area contributed by atoms with E-state index in [2.05, 4.69) is 23.1 Å². The van der Waals surface area contributed by atoms with Gasteiger partial charge in [0.15, 0.2) is 0 Å². The molecule has 1 aliphatic rings. The summed E-state index contributed by atoms with van der Waals surface area (Å²) in [6.45, 7) is 5.61. The van der Waals surface area contributed by atoms with Crippen LogP contribution in [0.5, 0.6) is 0 Å². The lowest BCUT2D eigenvalue weighted by Gasteiger charge is -2.07. The second-order valence-corrected chi connectivity index (χ2v) is 3.56. The Hall–Kier alpha value is -0.760. The Morgan fingerprint density at radius 1 is 1.75 bits per heavy atom. The Morgan fingerprint density at radius 2 is 2.58 bits per heavy atom. The summed E-state index contributed by atoms with van der Waals surface area (Å²) in [5, 5.41) is 2.63. The first-order valence-electron chi connectivity index (χ1n) is 4.00. The molecule has 1 nitrogen and oxygen atoms in total. The van der Waals surface area contributed by atoms with E-state index < -0.39 is 0 Å². The minimum absolute atomic E-state index is 0.499. The fraction of sp³-hybridized carbons (Fsp3) is 0.300. The molecule has 0 aromatic carbocycles. The second kappa shape index (κ2) is 4.99. The summed E-state index contributed by atoms with van der Waals surface area (Å²) >= 11 is 1.82. The summed E-state index contributed by atoms with van der Waals surface area (Å²) in [5.74, 6) is 0. The molecule has 0 radical (unpaired) electrons. The SMILES string of the molecule is C=C/C=C(\N=C/C)C1CC=CS1. The average molecular weight is 179 g/mol. The maximum absolute atomic E-state index is 4.30. The van der Waals surface area contributed by atoms with Gasteiger partial charge < -0.3 is 0 Å². The minimum Gasteiger partial charge on any atom is -0.265 e. The molecule has 0 aromatic heterocycles. The van der Waals surface area contributed by atoms with Crippen molar-refractivity contribution < 1.29 is 0 Å². The molecule has 0 aliphatic carbocycles. The highest BCUT2D eigenvalue weighted by molar-refractivity contribution is 8.03. The maximum atomic E-state index is 4.30. The predicted octanol–water partition coefficient (Wildman–Crippen LogP) is 3.17. The van der Waals surface area contributed by atoms with E-state index in [0.29, 0.717) is 5.25 Å². The van der Waals surface area contributed by atoms with E-state index in [1.165, 1.54) is 0 Å². The van der Waals surface area contributed by atoms with E-state index in [4.69, 9.17) is 0 Å². The zero-order chi connectivity index (χ0) is 8.81. The Balaban J connectivity index is 2.65. The smallest absolute Gasteiger partial charge is 0.0545 e. The highest BCUT2D eigenvalue weighted by Gasteiger charge is 2.14. The van der Waals surface area contributed by atoms with Gasteiger partial charge >= 0.3 is 0 Å². The standard InChI is InChI=1S/C10H13NS/c1-3-6-9(11-4-2)10-7-5-8-12-10/h3-6,8,10H,1,7H2,2H3/b9-6-,11-4-. The van der Waals surface area contributed by atoms with Crippen molar-refractivity contribution >= 4 is 18.0 Å². The molecule has 0 aromatic rings. The number of thioether (sulfide) groups is 1.